The van der Waals surface area contributed by atoms with Gasteiger partial charge in [-0.25, -0.2) is 9.97 Å². The van der Waals surface area contributed by atoms with Crippen molar-refractivity contribution in [3.63, 3.8) is 0 Å². The minimum absolute atomic E-state index is 0.529. The molecule has 0 radical (unpaired) electrons. The molecule has 0 spiro atoms. The fourth-order valence-electron chi connectivity index (χ4n) is 1.58. The number of nitrogens with zero attached hydrogens (tertiary/aromatic N) is 3. The van der Waals surface area contributed by atoms with E-state index >= 15 is 0 Å². The minimum Gasteiger partial charge on any atom is -0.383 e. The van der Waals surface area contributed by atoms with Crippen LogP contribution in [-0.2, 0) is 6.54 Å². The highest BCUT2D eigenvalue weighted by Gasteiger charge is 2.08. The lowest BCUT2D eigenvalue weighted by molar-refractivity contribution is 0.685. The second-order valence-electron chi connectivity index (χ2n) is 3.38. The van der Waals surface area contributed by atoms with Crippen molar-refractivity contribution in [3.8, 4) is 11.4 Å². The van der Waals surface area contributed by atoms with Crippen molar-refractivity contribution in [3.05, 3.63) is 30.7 Å². The van der Waals surface area contributed by atoms with Gasteiger partial charge in [0, 0.05) is 25.1 Å². The first-order valence-corrected chi connectivity index (χ1v) is 5.05. The molecule has 2 rings (SSSR count). The second-order valence-corrected chi connectivity index (χ2v) is 3.38. The van der Waals surface area contributed by atoms with E-state index in [9.17, 15) is 0 Å². The molecular formula is C11H14N4. The molecule has 2 aromatic heterocycles. The highest BCUT2D eigenvalue weighted by molar-refractivity contribution is 5.68. The van der Waals surface area contributed by atoms with Crippen LogP contribution in [-0.4, -0.2) is 14.5 Å². The van der Waals surface area contributed by atoms with E-state index in [1.807, 2.05) is 18.3 Å². The number of nitrogens with two attached hydrogens (primary N) is 1. The number of hydrogen-bond donors (Lipinski definition) is 1. The zero-order valence-corrected chi connectivity index (χ0v) is 8.72. The van der Waals surface area contributed by atoms with Gasteiger partial charge in [0.1, 0.15) is 11.6 Å². The fourth-order valence-corrected chi connectivity index (χ4v) is 1.58. The number of aromatic nitrogens is 3. The number of hydrogen-bond acceptors (Lipinski definition) is 3. The maximum Gasteiger partial charge on any atom is 0.143 e. The highest BCUT2D eigenvalue weighted by Crippen LogP contribution is 2.21. The Morgan fingerprint density at radius 1 is 1.33 bits per heavy atom. The monoisotopic (exact) mass is 202 g/mol. The van der Waals surface area contributed by atoms with E-state index < -0.39 is 0 Å². The van der Waals surface area contributed by atoms with E-state index in [0.717, 1.165) is 24.4 Å². The SMILES string of the molecule is CCCn1ccnc1-c1cccnc1N. The Labute approximate surface area is 88.8 Å². The van der Waals surface area contributed by atoms with Crippen molar-refractivity contribution in [1.82, 2.24) is 14.5 Å². The normalized spacial score (nSPS) is 10.5. The molecule has 0 unspecified atom stereocenters. The van der Waals surface area contributed by atoms with E-state index in [-0.39, 0.29) is 0 Å². The van der Waals surface area contributed by atoms with Crippen molar-refractivity contribution in [2.24, 2.45) is 0 Å². The Balaban J connectivity index is 2.45. The van der Waals surface area contributed by atoms with Crippen molar-refractivity contribution >= 4 is 5.82 Å². The first-order valence-electron chi connectivity index (χ1n) is 5.05. The van der Waals surface area contributed by atoms with Gasteiger partial charge in [0.15, 0.2) is 0 Å². The van der Waals surface area contributed by atoms with E-state index in [1.54, 1.807) is 12.4 Å². The van der Waals surface area contributed by atoms with E-state index in [1.165, 1.54) is 0 Å². The van der Waals surface area contributed by atoms with Gasteiger partial charge in [-0.1, -0.05) is 6.92 Å². The van der Waals surface area contributed by atoms with E-state index in [4.69, 9.17) is 5.73 Å². The number of nitrogen functional groups attached to an aromatic ring is 1. The summed E-state index contributed by atoms with van der Waals surface area (Å²) in [5, 5.41) is 0. The van der Waals surface area contributed by atoms with Crippen LogP contribution in [0.5, 0.6) is 0 Å². The topological polar surface area (TPSA) is 56.7 Å². The van der Waals surface area contributed by atoms with Gasteiger partial charge in [0.25, 0.3) is 0 Å². The van der Waals surface area contributed by atoms with Gasteiger partial charge in [-0.3, -0.25) is 0 Å². The zero-order valence-electron chi connectivity index (χ0n) is 8.72. The average molecular weight is 202 g/mol. The predicted molar refractivity (Wildman–Crippen MR) is 60.2 cm³/mol. The number of rotatable bonds is 3. The van der Waals surface area contributed by atoms with Crippen LogP contribution in [0.4, 0.5) is 5.82 Å². The first-order chi connectivity index (χ1) is 7.33. The van der Waals surface area contributed by atoms with Gasteiger partial charge in [-0.15, -0.1) is 0 Å². The van der Waals surface area contributed by atoms with Gasteiger partial charge in [-0.05, 0) is 18.6 Å². The van der Waals surface area contributed by atoms with Crippen LogP contribution in [0.25, 0.3) is 11.4 Å². The zero-order chi connectivity index (χ0) is 10.7. The molecule has 2 aromatic rings. The standard InChI is InChI=1S/C11H14N4/c1-2-7-15-8-6-14-11(15)9-4-3-5-13-10(9)12/h3-6,8H,2,7H2,1H3,(H2,12,13). The molecule has 4 heteroatoms. The summed E-state index contributed by atoms with van der Waals surface area (Å²) >= 11 is 0. The summed E-state index contributed by atoms with van der Waals surface area (Å²) in [4.78, 5) is 8.37. The predicted octanol–water partition coefficient (Wildman–Crippen LogP) is 1.94. The van der Waals surface area contributed by atoms with Crippen LogP contribution in [0.15, 0.2) is 30.7 Å². The van der Waals surface area contributed by atoms with Gasteiger partial charge < -0.3 is 10.3 Å². The minimum atomic E-state index is 0.529. The first kappa shape index (κ1) is 9.71. The molecule has 2 heterocycles. The van der Waals surface area contributed by atoms with Gasteiger partial charge in [-0.2, -0.15) is 0 Å². The summed E-state index contributed by atoms with van der Waals surface area (Å²) in [6.07, 6.45) is 6.51. The molecule has 0 aliphatic heterocycles. The largest absolute Gasteiger partial charge is 0.383 e. The number of anilines is 1. The molecule has 4 nitrogen and oxygen atoms in total. The third kappa shape index (κ3) is 1.83. The molecule has 0 fully saturated rings. The lowest BCUT2D eigenvalue weighted by Crippen LogP contribution is -2.01. The Hall–Kier alpha value is -1.84. The molecule has 15 heavy (non-hydrogen) atoms. The molecule has 2 N–H and O–H groups in total. The number of pyridine rings is 1. The molecule has 0 atom stereocenters. The lowest BCUT2D eigenvalue weighted by atomic mass is 10.2. The number of aryl methyl sites for hydroxylation is 1. The molecule has 0 saturated heterocycles. The summed E-state index contributed by atoms with van der Waals surface area (Å²) in [5.74, 6) is 1.42. The summed E-state index contributed by atoms with van der Waals surface area (Å²) in [7, 11) is 0. The third-order valence-electron chi connectivity index (χ3n) is 2.26. The van der Waals surface area contributed by atoms with Crippen LogP contribution in [0.1, 0.15) is 13.3 Å². The fraction of sp³-hybridized carbons (Fsp3) is 0.273. The maximum absolute atomic E-state index is 5.81. The Morgan fingerprint density at radius 2 is 2.20 bits per heavy atom. The molecular weight excluding hydrogens is 188 g/mol. The van der Waals surface area contributed by atoms with Crippen LogP contribution in [0.3, 0.4) is 0 Å². The maximum atomic E-state index is 5.81. The molecule has 0 aliphatic carbocycles. The highest BCUT2D eigenvalue weighted by atomic mass is 15.1. The van der Waals surface area contributed by atoms with E-state index in [2.05, 4.69) is 21.5 Å². The average Bonchev–Trinajstić information content (AvgIpc) is 2.67. The molecule has 0 aromatic carbocycles. The van der Waals surface area contributed by atoms with Crippen LogP contribution in [0.2, 0.25) is 0 Å². The summed E-state index contributed by atoms with van der Waals surface area (Å²) < 4.78 is 2.09. The van der Waals surface area contributed by atoms with Crippen molar-refractivity contribution in [2.75, 3.05) is 5.73 Å². The quantitative estimate of drug-likeness (QED) is 0.827. The summed E-state index contributed by atoms with van der Waals surface area (Å²) in [6.45, 7) is 3.08. The van der Waals surface area contributed by atoms with Crippen LogP contribution >= 0.6 is 0 Å². The van der Waals surface area contributed by atoms with Crippen molar-refractivity contribution in [2.45, 2.75) is 19.9 Å². The van der Waals surface area contributed by atoms with Gasteiger partial charge in [0.05, 0.1) is 5.56 Å². The molecule has 0 saturated carbocycles. The molecule has 0 amide bonds. The molecule has 78 valence electrons. The lowest BCUT2D eigenvalue weighted by Gasteiger charge is -2.07. The van der Waals surface area contributed by atoms with Gasteiger partial charge in [0.2, 0.25) is 0 Å². The van der Waals surface area contributed by atoms with Crippen molar-refractivity contribution in [1.29, 1.82) is 0 Å². The Kier molecular flexibility index (Phi) is 2.67. The van der Waals surface area contributed by atoms with Crippen LogP contribution in [0, 0.1) is 0 Å². The smallest absolute Gasteiger partial charge is 0.143 e. The Bertz CT molecular complexity index is 447. The van der Waals surface area contributed by atoms with E-state index in [0.29, 0.717) is 5.82 Å². The van der Waals surface area contributed by atoms with Gasteiger partial charge >= 0.3 is 0 Å². The van der Waals surface area contributed by atoms with Crippen molar-refractivity contribution < 1.29 is 0 Å². The summed E-state index contributed by atoms with van der Waals surface area (Å²) in [6, 6.07) is 3.81. The molecule has 0 aliphatic rings. The summed E-state index contributed by atoms with van der Waals surface area (Å²) in [5.41, 5.74) is 6.71. The second kappa shape index (κ2) is 4.13. The number of imidazole rings is 1. The third-order valence-corrected chi connectivity index (χ3v) is 2.26. The van der Waals surface area contributed by atoms with Crippen LogP contribution < -0.4 is 5.73 Å². The molecule has 0 bridgehead atoms. The Morgan fingerprint density at radius 3 is 2.93 bits per heavy atom.